The lowest BCUT2D eigenvalue weighted by atomic mass is 10.1. The number of halogens is 5. The highest BCUT2D eigenvalue weighted by molar-refractivity contribution is 7.10. The maximum atomic E-state index is 13.2. The van der Waals surface area contributed by atoms with Gasteiger partial charge in [-0.3, -0.25) is 10.1 Å². The van der Waals surface area contributed by atoms with Gasteiger partial charge in [0.15, 0.2) is 17.5 Å². The minimum atomic E-state index is -4.50. The predicted molar refractivity (Wildman–Crippen MR) is 84.7 cm³/mol. The summed E-state index contributed by atoms with van der Waals surface area (Å²) in [7, 11) is 0. The lowest BCUT2D eigenvalue weighted by Crippen LogP contribution is -2.12. The summed E-state index contributed by atoms with van der Waals surface area (Å²) >= 11 is 0.746. The lowest BCUT2D eigenvalue weighted by molar-refractivity contribution is -0.137. The van der Waals surface area contributed by atoms with Crippen LogP contribution in [-0.4, -0.2) is 15.3 Å². The average molecular weight is 385 g/mol. The van der Waals surface area contributed by atoms with Gasteiger partial charge in [-0.15, -0.1) is 0 Å². The zero-order valence-electron chi connectivity index (χ0n) is 12.6. The van der Waals surface area contributed by atoms with Crippen LogP contribution in [0.25, 0.3) is 11.4 Å². The molecule has 26 heavy (non-hydrogen) atoms. The van der Waals surface area contributed by atoms with Crippen molar-refractivity contribution >= 4 is 22.6 Å². The van der Waals surface area contributed by atoms with Crippen molar-refractivity contribution in [2.45, 2.75) is 6.18 Å². The Balaban J connectivity index is 1.80. The number of amides is 1. The highest BCUT2D eigenvalue weighted by Crippen LogP contribution is 2.32. The third-order valence-electron chi connectivity index (χ3n) is 3.28. The van der Waals surface area contributed by atoms with Crippen LogP contribution in [0.4, 0.5) is 27.1 Å². The quantitative estimate of drug-likeness (QED) is 0.662. The van der Waals surface area contributed by atoms with Gasteiger partial charge in [-0.1, -0.05) is 12.1 Å². The first-order chi connectivity index (χ1) is 12.2. The first-order valence-corrected chi connectivity index (χ1v) is 7.79. The molecule has 0 atom stereocenters. The second-order valence-electron chi connectivity index (χ2n) is 5.08. The van der Waals surface area contributed by atoms with Gasteiger partial charge in [0.25, 0.3) is 5.91 Å². The molecule has 1 aromatic heterocycles. The Labute approximate surface area is 147 Å². The van der Waals surface area contributed by atoms with Crippen molar-refractivity contribution in [3.8, 4) is 11.4 Å². The minimum Gasteiger partial charge on any atom is -0.297 e. The monoisotopic (exact) mass is 385 g/mol. The molecule has 3 aromatic rings. The average Bonchev–Trinajstić information content (AvgIpc) is 3.05. The second kappa shape index (κ2) is 6.79. The van der Waals surface area contributed by atoms with Crippen LogP contribution in [0.1, 0.15) is 15.9 Å². The molecule has 3 rings (SSSR count). The molecule has 0 aliphatic rings. The van der Waals surface area contributed by atoms with E-state index in [1.165, 1.54) is 12.1 Å². The number of aromatic nitrogens is 2. The van der Waals surface area contributed by atoms with E-state index in [4.69, 9.17) is 0 Å². The Morgan fingerprint density at radius 3 is 2.50 bits per heavy atom. The Morgan fingerprint density at radius 1 is 1.04 bits per heavy atom. The van der Waals surface area contributed by atoms with Crippen LogP contribution in [0.2, 0.25) is 0 Å². The normalized spacial score (nSPS) is 11.4. The zero-order chi connectivity index (χ0) is 18.9. The number of nitrogens with zero attached hydrogens (tertiary/aromatic N) is 2. The molecular formula is C16H8F5N3OS. The summed E-state index contributed by atoms with van der Waals surface area (Å²) in [6, 6.07) is 7.04. The fourth-order valence-electron chi connectivity index (χ4n) is 2.03. The van der Waals surface area contributed by atoms with Crippen molar-refractivity contribution in [2.24, 2.45) is 0 Å². The summed E-state index contributed by atoms with van der Waals surface area (Å²) in [5.41, 5.74) is -0.860. The minimum absolute atomic E-state index is 0.00156. The highest BCUT2D eigenvalue weighted by Gasteiger charge is 2.30. The molecule has 0 aliphatic carbocycles. The van der Waals surface area contributed by atoms with Gasteiger partial charge in [0.2, 0.25) is 5.13 Å². The van der Waals surface area contributed by atoms with E-state index < -0.39 is 29.3 Å². The Bertz CT molecular complexity index is 971. The van der Waals surface area contributed by atoms with E-state index in [1.54, 1.807) is 0 Å². The van der Waals surface area contributed by atoms with Crippen molar-refractivity contribution in [3.05, 3.63) is 65.2 Å². The largest absolute Gasteiger partial charge is 0.416 e. The summed E-state index contributed by atoms with van der Waals surface area (Å²) in [4.78, 5) is 15.9. The van der Waals surface area contributed by atoms with Gasteiger partial charge in [0.05, 0.1) is 5.56 Å². The second-order valence-corrected chi connectivity index (χ2v) is 5.84. The Morgan fingerprint density at radius 2 is 1.81 bits per heavy atom. The van der Waals surface area contributed by atoms with Gasteiger partial charge >= 0.3 is 6.18 Å². The molecular weight excluding hydrogens is 377 g/mol. The molecule has 0 fully saturated rings. The van der Waals surface area contributed by atoms with Crippen LogP contribution < -0.4 is 5.32 Å². The topological polar surface area (TPSA) is 54.9 Å². The fourth-order valence-corrected chi connectivity index (χ4v) is 2.62. The number of carbonyl (C=O) groups is 1. The summed E-state index contributed by atoms with van der Waals surface area (Å²) < 4.78 is 68.2. The van der Waals surface area contributed by atoms with Crippen LogP contribution in [0.5, 0.6) is 0 Å². The number of benzene rings is 2. The Hall–Kier alpha value is -2.88. The molecule has 1 heterocycles. The summed E-state index contributed by atoms with van der Waals surface area (Å²) in [6.45, 7) is 0. The van der Waals surface area contributed by atoms with Gasteiger partial charge in [-0.05, 0) is 30.3 Å². The van der Waals surface area contributed by atoms with E-state index in [-0.39, 0.29) is 22.1 Å². The van der Waals surface area contributed by atoms with E-state index in [0.717, 1.165) is 41.9 Å². The number of alkyl halides is 3. The van der Waals surface area contributed by atoms with Crippen molar-refractivity contribution in [1.82, 2.24) is 9.36 Å². The molecule has 0 radical (unpaired) electrons. The smallest absolute Gasteiger partial charge is 0.297 e. The van der Waals surface area contributed by atoms with E-state index in [0.29, 0.717) is 0 Å². The molecule has 0 unspecified atom stereocenters. The van der Waals surface area contributed by atoms with Crippen LogP contribution in [0, 0.1) is 11.6 Å². The third kappa shape index (κ3) is 3.85. The lowest BCUT2D eigenvalue weighted by Gasteiger charge is -2.06. The summed E-state index contributed by atoms with van der Waals surface area (Å²) in [5.74, 6) is -3.03. The van der Waals surface area contributed by atoms with Crippen molar-refractivity contribution < 1.29 is 26.7 Å². The maximum Gasteiger partial charge on any atom is 0.416 e. The summed E-state index contributed by atoms with van der Waals surface area (Å²) in [6.07, 6.45) is -4.50. The van der Waals surface area contributed by atoms with E-state index in [2.05, 4.69) is 14.7 Å². The summed E-state index contributed by atoms with van der Waals surface area (Å²) in [5, 5.41) is 2.34. The number of nitrogens with one attached hydrogen (secondary N) is 1. The van der Waals surface area contributed by atoms with Crippen molar-refractivity contribution in [3.63, 3.8) is 0 Å². The van der Waals surface area contributed by atoms with Gasteiger partial charge in [0, 0.05) is 22.7 Å². The standard InChI is InChI=1S/C16H8F5N3OS/c17-11-5-4-9(7-12(11)18)14(25)23-15-22-13(24-26-15)8-2-1-3-10(6-8)16(19,20)21/h1-7H,(H,22,23,24,25). The van der Waals surface area contributed by atoms with Crippen LogP contribution in [0.3, 0.4) is 0 Å². The number of hydrogen-bond donors (Lipinski definition) is 1. The number of rotatable bonds is 3. The fraction of sp³-hybridized carbons (Fsp3) is 0.0625. The molecule has 134 valence electrons. The molecule has 0 saturated heterocycles. The molecule has 0 saturated carbocycles. The van der Waals surface area contributed by atoms with Crippen LogP contribution >= 0.6 is 11.5 Å². The molecule has 0 bridgehead atoms. The van der Waals surface area contributed by atoms with Gasteiger partial charge < -0.3 is 0 Å². The molecule has 1 N–H and O–H groups in total. The van der Waals surface area contributed by atoms with E-state index >= 15 is 0 Å². The number of carbonyl (C=O) groups excluding carboxylic acids is 1. The highest BCUT2D eigenvalue weighted by atomic mass is 32.1. The van der Waals surface area contributed by atoms with Crippen molar-refractivity contribution in [1.29, 1.82) is 0 Å². The SMILES string of the molecule is O=C(Nc1nc(-c2cccc(C(F)(F)F)c2)ns1)c1ccc(F)c(F)c1. The number of hydrogen-bond acceptors (Lipinski definition) is 4. The number of anilines is 1. The predicted octanol–water partition coefficient (Wildman–Crippen LogP) is 4.75. The van der Waals surface area contributed by atoms with Gasteiger partial charge in [0.1, 0.15) is 0 Å². The van der Waals surface area contributed by atoms with Crippen LogP contribution in [0.15, 0.2) is 42.5 Å². The maximum absolute atomic E-state index is 13.2. The van der Waals surface area contributed by atoms with Gasteiger partial charge in [-0.2, -0.15) is 22.5 Å². The molecule has 10 heteroatoms. The van der Waals surface area contributed by atoms with Crippen molar-refractivity contribution in [2.75, 3.05) is 5.32 Å². The first kappa shape index (κ1) is 17.9. The Kier molecular flexibility index (Phi) is 4.68. The van der Waals surface area contributed by atoms with E-state index in [1.807, 2.05) is 0 Å². The van der Waals surface area contributed by atoms with Gasteiger partial charge in [-0.25, -0.2) is 8.78 Å². The zero-order valence-corrected chi connectivity index (χ0v) is 13.5. The molecule has 2 aromatic carbocycles. The van der Waals surface area contributed by atoms with Crippen LogP contribution in [-0.2, 0) is 6.18 Å². The third-order valence-corrected chi connectivity index (χ3v) is 3.91. The molecule has 0 aliphatic heterocycles. The molecule has 1 amide bonds. The molecule has 0 spiro atoms. The molecule has 4 nitrogen and oxygen atoms in total. The first-order valence-electron chi connectivity index (χ1n) is 7.02. The van der Waals surface area contributed by atoms with E-state index in [9.17, 15) is 26.7 Å².